The van der Waals surface area contributed by atoms with Crippen LogP contribution in [0.3, 0.4) is 0 Å². The van der Waals surface area contributed by atoms with Crippen molar-refractivity contribution in [3.8, 4) is 0 Å². The number of rotatable bonds is 3. The number of hydrogen-bond acceptors (Lipinski definition) is 7. The Morgan fingerprint density at radius 3 is 2.56 bits per heavy atom. The molecule has 10 heteroatoms. The Morgan fingerprint density at radius 1 is 1.11 bits per heavy atom. The highest BCUT2D eigenvalue weighted by molar-refractivity contribution is 5.57. The Balaban J connectivity index is 1.45. The van der Waals surface area contributed by atoms with E-state index in [4.69, 9.17) is 9.47 Å². The fraction of sp³-hybridized carbons (Fsp3) is 0.471. The molecule has 2 aliphatic rings. The zero-order chi connectivity index (χ0) is 18.9. The van der Waals surface area contributed by atoms with E-state index in [-0.39, 0.29) is 5.69 Å². The van der Waals surface area contributed by atoms with Gasteiger partial charge in [0.1, 0.15) is 0 Å². The van der Waals surface area contributed by atoms with Gasteiger partial charge in [-0.3, -0.25) is 0 Å². The average Bonchev–Trinajstić information content (AvgIpc) is 3.10. The van der Waals surface area contributed by atoms with Crippen molar-refractivity contribution in [2.75, 3.05) is 36.5 Å². The molecule has 1 spiro atoms. The summed E-state index contributed by atoms with van der Waals surface area (Å²) in [5.41, 5.74) is -0.450. The zero-order valence-electron chi connectivity index (χ0n) is 14.4. The molecule has 2 fully saturated rings. The molecule has 4 rings (SSSR count). The number of piperidine rings is 1. The SMILES string of the molecule is FC(F)(F)c1cccc(Nc2cnnc(N3CCC4(CC3)OCCO4)n2)c1. The maximum atomic E-state index is 12.8. The third-order valence-electron chi connectivity index (χ3n) is 4.63. The fourth-order valence-electron chi connectivity index (χ4n) is 3.24. The van der Waals surface area contributed by atoms with Gasteiger partial charge in [-0.15, -0.1) is 5.10 Å². The van der Waals surface area contributed by atoms with Crippen LogP contribution in [0.25, 0.3) is 0 Å². The van der Waals surface area contributed by atoms with Crippen LogP contribution in [-0.4, -0.2) is 47.3 Å². The lowest BCUT2D eigenvalue weighted by molar-refractivity contribution is -0.169. The number of benzene rings is 1. The maximum absolute atomic E-state index is 12.8. The summed E-state index contributed by atoms with van der Waals surface area (Å²) in [5, 5.41) is 10.8. The van der Waals surface area contributed by atoms with E-state index >= 15 is 0 Å². The summed E-state index contributed by atoms with van der Waals surface area (Å²) < 4.78 is 49.9. The topological polar surface area (TPSA) is 72.4 Å². The lowest BCUT2D eigenvalue weighted by Crippen LogP contribution is -2.45. The van der Waals surface area contributed by atoms with E-state index in [1.54, 1.807) is 0 Å². The first-order valence-corrected chi connectivity index (χ1v) is 8.60. The third-order valence-corrected chi connectivity index (χ3v) is 4.63. The van der Waals surface area contributed by atoms with Gasteiger partial charge in [-0.05, 0) is 18.2 Å². The van der Waals surface area contributed by atoms with Gasteiger partial charge in [0.2, 0.25) is 5.95 Å². The molecule has 7 nitrogen and oxygen atoms in total. The summed E-state index contributed by atoms with van der Waals surface area (Å²) in [6, 6.07) is 4.93. The first kappa shape index (κ1) is 17.9. The molecule has 144 valence electrons. The second-order valence-corrected chi connectivity index (χ2v) is 6.44. The van der Waals surface area contributed by atoms with E-state index in [1.165, 1.54) is 18.3 Å². The van der Waals surface area contributed by atoms with E-state index in [0.717, 1.165) is 12.1 Å². The number of halogens is 3. The lowest BCUT2D eigenvalue weighted by atomic mass is 10.0. The van der Waals surface area contributed by atoms with Crippen LogP contribution in [0, 0.1) is 0 Å². The van der Waals surface area contributed by atoms with E-state index in [2.05, 4.69) is 20.5 Å². The predicted octanol–water partition coefficient (Wildman–Crippen LogP) is 2.98. The molecule has 3 heterocycles. The van der Waals surface area contributed by atoms with Crippen LogP contribution in [0.4, 0.5) is 30.6 Å². The first-order chi connectivity index (χ1) is 12.9. The second-order valence-electron chi connectivity index (χ2n) is 6.44. The molecule has 0 bridgehead atoms. The summed E-state index contributed by atoms with van der Waals surface area (Å²) in [6.45, 7) is 2.51. The van der Waals surface area contributed by atoms with Gasteiger partial charge in [0.15, 0.2) is 11.6 Å². The lowest BCUT2D eigenvalue weighted by Gasteiger charge is -2.37. The van der Waals surface area contributed by atoms with Crippen molar-refractivity contribution in [3.05, 3.63) is 36.0 Å². The van der Waals surface area contributed by atoms with Crippen molar-refractivity contribution in [1.29, 1.82) is 0 Å². The summed E-state index contributed by atoms with van der Waals surface area (Å²) in [5.74, 6) is 0.241. The van der Waals surface area contributed by atoms with Gasteiger partial charge >= 0.3 is 6.18 Å². The van der Waals surface area contributed by atoms with E-state index < -0.39 is 17.5 Å². The van der Waals surface area contributed by atoms with Crippen molar-refractivity contribution in [1.82, 2.24) is 15.2 Å². The quantitative estimate of drug-likeness (QED) is 0.876. The number of hydrogen-bond donors (Lipinski definition) is 1. The minimum Gasteiger partial charge on any atom is -0.347 e. The molecule has 0 aliphatic carbocycles. The molecule has 2 aromatic rings. The summed E-state index contributed by atoms with van der Waals surface area (Å²) in [7, 11) is 0. The highest BCUT2D eigenvalue weighted by Crippen LogP contribution is 2.33. The maximum Gasteiger partial charge on any atom is 0.416 e. The van der Waals surface area contributed by atoms with Crippen molar-refractivity contribution in [3.63, 3.8) is 0 Å². The molecule has 2 saturated heterocycles. The van der Waals surface area contributed by atoms with Crippen molar-refractivity contribution in [2.24, 2.45) is 0 Å². The van der Waals surface area contributed by atoms with Crippen molar-refractivity contribution < 1.29 is 22.6 Å². The average molecular weight is 381 g/mol. The molecule has 0 radical (unpaired) electrons. The van der Waals surface area contributed by atoms with E-state index in [0.29, 0.717) is 50.9 Å². The molecule has 0 saturated carbocycles. The Bertz CT molecular complexity index is 801. The number of nitrogens with zero attached hydrogens (tertiary/aromatic N) is 4. The minimum atomic E-state index is -4.40. The van der Waals surface area contributed by atoms with Gasteiger partial charge in [0.05, 0.1) is 25.0 Å². The molecule has 2 aliphatic heterocycles. The number of anilines is 3. The van der Waals surface area contributed by atoms with Crippen molar-refractivity contribution >= 4 is 17.5 Å². The van der Waals surface area contributed by atoms with Crippen LogP contribution >= 0.6 is 0 Å². The van der Waals surface area contributed by atoms with E-state index in [9.17, 15) is 13.2 Å². The highest BCUT2D eigenvalue weighted by Gasteiger charge is 2.40. The smallest absolute Gasteiger partial charge is 0.347 e. The molecule has 27 heavy (non-hydrogen) atoms. The largest absolute Gasteiger partial charge is 0.416 e. The van der Waals surface area contributed by atoms with Crippen LogP contribution in [-0.2, 0) is 15.7 Å². The summed E-state index contributed by atoms with van der Waals surface area (Å²) in [6.07, 6.45) is -1.64. The van der Waals surface area contributed by atoms with Gasteiger partial charge in [-0.25, -0.2) is 0 Å². The fourth-order valence-corrected chi connectivity index (χ4v) is 3.24. The van der Waals surface area contributed by atoms with Crippen LogP contribution in [0.1, 0.15) is 18.4 Å². The molecule has 1 aromatic heterocycles. The molecule has 0 atom stereocenters. The van der Waals surface area contributed by atoms with Gasteiger partial charge in [0, 0.05) is 31.6 Å². The third kappa shape index (κ3) is 3.96. The molecule has 1 aromatic carbocycles. The Kier molecular flexibility index (Phi) is 4.60. The van der Waals surface area contributed by atoms with Gasteiger partial charge in [-0.2, -0.15) is 23.3 Å². The van der Waals surface area contributed by atoms with E-state index in [1.807, 2.05) is 4.90 Å². The molecular weight excluding hydrogens is 363 g/mol. The Hall–Kier alpha value is -2.46. The van der Waals surface area contributed by atoms with Crippen molar-refractivity contribution in [2.45, 2.75) is 24.8 Å². The summed E-state index contributed by atoms with van der Waals surface area (Å²) >= 11 is 0. The molecular formula is C17H18F3N5O2. The standard InChI is InChI=1S/C17H18F3N5O2/c18-17(19,20)12-2-1-3-13(10-12)22-14-11-21-24-15(23-14)25-6-4-16(5-7-25)26-8-9-27-16/h1-3,10-11H,4-9H2,(H,22,23,24). The highest BCUT2D eigenvalue weighted by atomic mass is 19.4. The second kappa shape index (κ2) is 6.93. The van der Waals surface area contributed by atoms with Gasteiger partial charge < -0.3 is 19.7 Å². The normalized spacial score (nSPS) is 19.4. The van der Waals surface area contributed by atoms with Crippen LogP contribution in [0.2, 0.25) is 0 Å². The van der Waals surface area contributed by atoms with Gasteiger partial charge in [0.25, 0.3) is 0 Å². The molecule has 0 amide bonds. The number of alkyl halides is 3. The monoisotopic (exact) mass is 381 g/mol. The zero-order valence-corrected chi connectivity index (χ0v) is 14.4. The van der Waals surface area contributed by atoms with Crippen LogP contribution in [0.15, 0.2) is 30.5 Å². The minimum absolute atomic E-state index is 0.279. The predicted molar refractivity (Wildman–Crippen MR) is 90.6 cm³/mol. The Morgan fingerprint density at radius 2 is 1.85 bits per heavy atom. The Labute approximate surface area is 153 Å². The molecule has 1 N–H and O–H groups in total. The first-order valence-electron chi connectivity index (χ1n) is 8.60. The number of ether oxygens (including phenoxy) is 2. The number of aromatic nitrogens is 3. The number of nitrogens with one attached hydrogen (secondary N) is 1. The molecule has 0 unspecified atom stereocenters. The van der Waals surface area contributed by atoms with Crippen LogP contribution < -0.4 is 10.2 Å². The van der Waals surface area contributed by atoms with Gasteiger partial charge in [-0.1, -0.05) is 6.07 Å². The summed E-state index contributed by atoms with van der Waals surface area (Å²) in [4.78, 5) is 6.34. The van der Waals surface area contributed by atoms with Crippen LogP contribution in [0.5, 0.6) is 0 Å².